The molecule has 1 heterocycles. The fourth-order valence-electron chi connectivity index (χ4n) is 2.88. The van der Waals surface area contributed by atoms with Gasteiger partial charge in [0.05, 0.1) is 6.61 Å². The van der Waals surface area contributed by atoms with Gasteiger partial charge in [0.1, 0.15) is 5.54 Å². The molecule has 2 rings (SSSR count). The van der Waals surface area contributed by atoms with E-state index in [1.807, 2.05) is 13.0 Å². The van der Waals surface area contributed by atoms with Gasteiger partial charge in [-0.05, 0) is 43.0 Å². The minimum Gasteiger partial charge on any atom is -0.465 e. The van der Waals surface area contributed by atoms with Crippen LogP contribution in [0.1, 0.15) is 44.9 Å². The fourth-order valence-corrected chi connectivity index (χ4v) is 3.53. The largest absolute Gasteiger partial charge is 0.465 e. The molecule has 0 aliphatic heterocycles. The van der Waals surface area contributed by atoms with Gasteiger partial charge >= 0.3 is 5.97 Å². The van der Waals surface area contributed by atoms with Gasteiger partial charge in [0.2, 0.25) is 0 Å². The monoisotopic (exact) mass is 281 g/mol. The molecule has 1 N–H and O–H groups in total. The summed E-state index contributed by atoms with van der Waals surface area (Å²) in [7, 11) is 0. The molecule has 1 atom stereocenters. The minimum atomic E-state index is -0.497. The molecule has 1 aliphatic rings. The highest BCUT2D eigenvalue weighted by atomic mass is 32.1. The highest BCUT2D eigenvalue weighted by Crippen LogP contribution is 2.44. The van der Waals surface area contributed by atoms with Gasteiger partial charge in [0.15, 0.2) is 0 Å². The maximum absolute atomic E-state index is 12.3. The van der Waals surface area contributed by atoms with E-state index in [9.17, 15) is 4.79 Å². The molecular formula is C15H23NO2S. The van der Waals surface area contributed by atoms with E-state index >= 15 is 0 Å². The van der Waals surface area contributed by atoms with Gasteiger partial charge in [-0.1, -0.05) is 19.9 Å². The number of carbonyl (C=O) groups excluding carboxylic acids is 1. The highest BCUT2D eigenvalue weighted by molar-refractivity contribution is 7.09. The van der Waals surface area contributed by atoms with Crippen LogP contribution in [0.5, 0.6) is 0 Å². The standard InChI is InChI=1S/C15H23NO2S/c1-4-18-13(17)15(8-7-14(2,3)11-15)16-10-12-6-5-9-19-12/h5-6,9,16H,4,7-8,10-11H2,1-3H3. The van der Waals surface area contributed by atoms with Crippen LogP contribution in [-0.4, -0.2) is 18.1 Å². The molecule has 3 nitrogen and oxygen atoms in total. The van der Waals surface area contributed by atoms with E-state index in [2.05, 4.69) is 30.6 Å². The molecule has 106 valence electrons. The van der Waals surface area contributed by atoms with Crippen molar-refractivity contribution >= 4 is 17.3 Å². The van der Waals surface area contributed by atoms with Crippen LogP contribution in [0.15, 0.2) is 17.5 Å². The predicted molar refractivity (Wildman–Crippen MR) is 78.2 cm³/mol. The Morgan fingerprint density at radius 1 is 1.47 bits per heavy atom. The molecule has 1 fully saturated rings. The maximum Gasteiger partial charge on any atom is 0.326 e. The molecule has 0 saturated heterocycles. The molecule has 0 bridgehead atoms. The van der Waals surface area contributed by atoms with Crippen molar-refractivity contribution in [1.82, 2.24) is 5.32 Å². The maximum atomic E-state index is 12.3. The van der Waals surface area contributed by atoms with Gasteiger partial charge in [0.25, 0.3) is 0 Å². The molecule has 1 saturated carbocycles. The third-order valence-corrected chi connectivity index (χ3v) is 4.73. The van der Waals surface area contributed by atoms with E-state index < -0.39 is 5.54 Å². The first-order valence-corrected chi connectivity index (χ1v) is 7.80. The molecule has 1 aromatic rings. The van der Waals surface area contributed by atoms with Gasteiger partial charge < -0.3 is 4.74 Å². The van der Waals surface area contributed by atoms with Gasteiger partial charge in [0, 0.05) is 11.4 Å². The molecule has 19 heavy (non-hydrogen) atoms. The summed E-state index contributed by atoms with van der Waals surface area (Å²) in [6, 6.07) is 4.13. The molecular weight excluding hydrogens is 258 g/mol. The van der Waals surface area contributed by atoms with Crippen LogP contribution < -0.4 is 5.32 Å². The van der Waals surface area contributed by atoms with Crippen LogP contribution in [0.2, 0.25) is 0 Å². The van der Waals surface area contributed by atoms with Crippen molar-refractivity contribution in [2.45, 2.75) is 52.1 Å². The minimum absolute atomic E-state index is 0.0860. The first-order valence-electron chi connectivity index (χ1n) is 6.92. The Hall–Kier alpha value is -0.870. The average molecular weight is 281 g/mol. The van der Waals surface area contributed by atoms with Gasteiger partial charge in [-0.2, -0.15) is 0 Å². The van der Waals surface area contributed by atoms with Crippen LogP contribution in [0.4, 0.5) is 0 Å². The van der Waals surface area contributed by atoms with Crippen molar-refractivity contribution < 1.29 is 9.53 Å². The van der Waals surface area contributed by atoms with Crippen molar-refractivity contribution in [3.8, 4) is 0 Å². The SMILES string of the molecule is CCOC(=O)C1(NCc2cccs2)CCC(C)(C)C1. The Bertz CT molecular complexity index is 427. The van der Waals surface area contributed by atoms with Crippen LogP contribution in [0.25, 0.3) is 0 Å². The summed E-state index contributed by atoms with van der Waals surface area (Å²) in [6.07, 6.45) is 2.78. The summed E-state index contributed by atoms with van der Waals surface area (Å²) in [5.41, 5.74) is -0.293. The van der Waals surface area contributed by atoms with Crippen LogP contribution in [0, 0.1) is 5.41 Å². The smallest absolute Gasteiger partial charge is 0.326 e. The summed E-state index contributed by atoms with van der Waals surface area (Å²) < 4.78 is 5.29. The summed E-state index contributed by atoms with van der Waals surface area (Å²) in [4.78, 5) is 13.6. The topological polar surface area (TPSA) is 38.3 Å². The van der Waals surface area contributed by atoms with E-state index in [0.29, 0.717) is 6.61 Å². The van der Waals surface area contributed by atoms with Crippen LogP contribution in [-0.2, 0) is 16.1 Å². The Morgan fingerprint density at radius 3 is 2.79 bits per heavy atom. The number of hydrogen-bond acceptors (Lipinski definition) is 4. The van der Waals surface area contributed by atoms with E-state index in [1.165, 1.54) is 4.88 Å². The third kappa shape index (κ3) is 3.37. The predicted octanol–water partition coefficient (Wildman–Crippen LogP) is 3.35. The summed E-state index contributed by atoms with van der Waals surface area (Å²) in [6.45, 7) is 7.50. The zero-order valence-electron chi connectivity index (χ0n) is 12.0. The highest BCUT2D eigenvalue weighted by Gasteiger charge is 2.49. The van der Waals surface area contributed by atoms with Gasteiger partial charge in [-0.25, -0.2) is 0 Å². The summed E-state index contributed by atoms with van der Waals surface area (Å²) in [5.74, 6) is -0.0860. The first kappa shape index (κ1) is 14.5. The van der Waals surface area contributed by atoms with Gasteiger partial charge in [-0.3, -0.25) is 10.1 Å². The molecule has 0 amide bonds. The number of nitrogens with one attached hydrogen (secondary N) is 1. The number of rotatable bonds is 5. The van der Waals surface area contributed by atoms with Crippen molar-refractivity contribution in [2.24, 2.45) is 5.41 Å². The van der Waals surface area contributed by atoms with Crippen molar-refractivity contribution in [2.75, 3.05) is 6.61 Å². The Kier molecular flexibility index (Phi) is 4.31. The lowest BCUT2D eigenvalue weighted by Gasteiger charge is -2.29. The van der Waals surface area contributed by atoms with Crippen molar-refractivity contribution in [3.05, 3.63) is 22.4 Å². The number of carbonyl (C=O) groups is 1. The van der Waals surface area contributed by atoms with E-state index in [-0.39, 0.29) is 11.4 Å². The molecule has 1 aromatic heterocycles. The first-order chi connectivity index (χ1) is 8.97. The Balaban J connectivity index is 2.09. The normalized spacial score (nSPS) is 25.4. The lowest BCUT2D eigenvalue weighted by atomic mass is 9.87. The number of thiophene rings is 1. The molecule has 0 spiro atoms. The van der Waals surface area contributed by atoms with Crippen LogP contribution in [0.3, 0.4) is 0 Å². The molecule has 1 unspecified atom stereocenters. The summed E-state index contributed by atoms with van der Waals surface area (Å²) in [5, 5.41) is 5.54. The average Bonchev–Trinajstić information content (AvgIpc) is 2.95. The lowest BCUT2D eigenvalue weighted by Crippen LogP contribution is -2.51. The van der Waals surface area contributed by atoms with E-state index in [0.717, 1.165) is 25.8 Å². The third-order valence-electron chi connectivity index (χ3n) is 3.86. The molecule has 0 aromatic carbocycles. The number of hydrogen-bond donors (Lipinski definition) is 1. The number of esters is 1. The fraction of sp³-hybridized carbons (Fsp3) is 0.667. The lowest BCUT2D eigenvalue weighted by molar-refractivity contribution is -0.151. The number of ether oxygens (including phenoxy) is 1. The zero-order chi connectivity index (χ0) is 13.9. The quantitative estimate of drug-likeness (QED) is 0.841. The Labute approximate surface area is 119 Å². The molecule has 1 aliphatic carbocycles. The van der Waals surface area contributed by atoms with E-state index in [4.69, 9.17) is 4.74 Å². The zero-order valence-corrected chi connectivity index (χ0v) is 12.8. The second-order valence-corrected chi connectivity index (χ2v) is 7.11. The second kappa shape index (κ2) is 5.63. The Morgan fingerprint density at radius 2 is 2.26 bits per heavy atom. The van der Waals surface area contributed by atoms with Crippen LogP contribution >= 0.6 is 11.3 Å². The summed E-state index contributed by atoms with van der Waals surface area (Å²) >= 11 is 1.72. The van der Waals surface area contributed by atoms with Crippen molar-refractivity contribution in [1.29, 1.82) is 0 Å². The van der Waals surface area contributed by atoms with Crippen molar-refractivity contribution in [3.63, 3.8) is 0 Å². The van der Waals surface area contributed by atoms with Gasteiger partial charge in [-0.15, -0.1) is 11.3 Å². The second-order valence-electron chi connectivity index (χ2n) is 6.08. The molecule has 4 heteroatoms. The molecule has 0 radical (unpaired) electrons. The van der Waals surface area contributed by atoms with E-state index in [1.54, 1.807) is 11.3 Å².